The lowest BCUT2D eigenvalue weighted by atomic mass is 10.0. The number of anilines is 1. The molecule has 0 spiro atoms. The summed E-state index contributed by atoms with van der Waals surface area (Å²) in [6, 6.07) is 2.72. The summed E-state index contributed by atoms with van der Waals surface area (Å²) >= 11 is 0. The highest BCUT2D eigenvalue weighted by molar-refractivity contribution is 5.97. The van der Waals surface area contributed by atoms with Crippen molar-refractivity contribution in [3.8, 4) is 11.8 Å². The lowest BCUT2D eigenvalue weighted by Gasteiger charge is -2.31. The third kappa shape index (κ3) is 3.59. The number of benzene rings is 1. The molecule has 2 aliphatic heterocycles. The number of carboxylic acid groups (broad SMARTS) is 1. The minimum Gasteiger partial charge on any atom is -0.487 e. The quantitative estimate of drug-likeness (QED) is 0.788. The van der Waals surface area contributed by atoms with Crippen LogP contribution >= 0.6 is 0 Å². The van der Waals surface area contributed by atoms with Gasteiger partial charge in [-0.1, -0.05) is 0 Å². The van der Waals surface area contributed by atoms with Gasteiger partial charge in [-0.3, -0.25) is 4.79 Å². The van der Waals surface area contributed by atoms with Gasteiger partial charge >= 0.3 is 5.97 Å². The van der Waals surface area contributed by atoms with Crippen LogP contribution in [0.3, 0.4) is 0 Å². The van der Waals surface area contributed by atoms with Crippen molar-refractivity contribution in [2.24, 2.45) is 11.7 Å². The second kappa shape index (κ2) is 8.32. The van der Waals surface area contributed by atoms with E-state index in [1.807, 2.05) is 18.7 Å². The molecule has 0 saturated carbocycles. The molecule has 0 bridgehead atoms. The highest BCUT2D eigenvalue weighted by atomic mass is 19.1. The summed E-state index contributed by atoms with van der Waals surface area (Å²) in [6.45, 7) is 6.77. The van der Waals surface area contributed by atoms with Crippen molar-refractivity contribution >= 4 is 22.6 Å². The molecule has 2 aromatic rings. The number of ether oxygens (including phenoxy) is 1. The Labute approximate surface area is 173 Å². The van der Waals surface area contributed by atoms with Gasteiger partial charge in [0.15, 0.2) is 11.6 Å². The van der Waals surface area contributed by atoms with Gasteiger partial charge in [-0.15, -0.1) is 0 Å². The van der Waals surface area contributed by atoms with Crippen LogP contribution in [0.5, 0.6) is 5.75 Å². The SMILES string of the molecule is CC#N.CC(N)C1CCN(c2c(F)cc3c(=O)c(C(=O)O)cn4c3c2OCC4C)C1. The van der Waals surface area contributed by atoms with E-state index in [2.05, 4.69) is 0 Å². The van der Waals surface area contributed by atoms with Crippen molar-refractivity contribution in [1.82, 2.24) is 4.57 Å². The number of halogens is 1. The van der Waals surface area contributed by atoms with Crippen LogP contribution in [0.2, 0.25) is 0 Å². The number of carboxylic acids is 1. The van der Waals surface area contributed by atoms with E-state index in [4.69, 9.17) is 15.7 Å². The highest BCUT2D eigenvalue weighted by Gasteiger charge is 2.33. The Kier molecular flexibility index (Phi) is 5.99. The van der Waals surface area contributed by atoms with Gasteiger partial charge in [0, 0.05) is 32.3 Å². The van der Waals surface area contributed by atoms with Crippen LogP contribution in [0.15, 0.2) is 17.1 Å². The fraction of sp³-hybridized carbons (Fsp3) is 0.476. The molecular formula is C21H25FN4O4. The zero-order valence-corrected chi connectivity index (χ0v) is 17.2. The zero-order valence-electron chi connectivity index (χ0n) is 17.2. The lowest BCUT2D eigenvalue weighted by molar-refractivity contribution is 0.0694. The molecule has 1 aromatic carbocycles. The molecule has 160 valence electrons. The van der Waals surface area contributed by atoms with Crippen LogP contribution in [-0.2, 0) is 0 Å². The Bertz CT molecular complexity index is 1090. The van der Waals surface area contributed by atoms with Gasteiger partial charge in [-0.2, -0.15) is 5.26 Å². The van der Waals surface area contributed by atoms with E-state index in [-0.39, 0.29) is 35.6 Å². The van der Waals surface area contributed by atoms with Gasteiger partial charge in [-0.25, -0.2) is 9.18 Å². The van der Waals surface area contributed by atoms with Crippen molar-refractivity contribution in [2.75, 3.05) is 24.6 Å². The molecule has 1 saturated heterocycles. The fourth-order valence-corrected chi connectivity index (χ4v) is 4.08. The smallest absolute Gasteiger partial charge is 0.341 e. The molecule has 1 fully saturated rings. The molecule has 8 nitrogen and oxygen atoms in total. The number of hydrogen-bond acceptors (Lipinski definition) is 6. The number of rotatable bonds is 3. The van der Waals surface area contributed by atoms with Gasteiger partial charge in [-0.05, 0) is 32.3 Å². The first-order chi connectivity index (χ1) is 14.2. The number of hydrogen-bond donors (Lipinski definition) is 2. The summed E-state index contributed by atoms with van der Waals surface area (Å²) in [6.07, 6.45) is 2.19. The molecule has 3 unspecified atom stereocenters. The Balaban J connectivity index is 0.000000806. The summed E-state index contributed by atoms with van der Waals surface area (Å²) in [5, 5.41) is 16.7. The number of pyridine rings is 1. The van der Waals surface area contributed by atoms with E-state index in [1.54, 1.807) is 10.6 Å². The molecule has 9 heteroatoms. The third-order valence-electron chi connectivity index (χ3n) is 5.66. The van der Waals surface area contributed by atoms with Crippen LogP contribution in [-0.4, -0.2) is 41.4 Å². The fourth-order valence-electron chi connectivity index (χ4n) is 4.08. The Hall–Kier alpha value is -3.12. The van der Waals surface area contributed by atoms with Crippen LogP contribution < -0.4 is 20.8 Å². The Morgan fingerprint density at radius 3 is 2.73 bits per heavy atom. The number of nitrogens with zero attached hydrogens (tertiary/aromatic N) is 3. The monoisotopic (exact) mass is 416 g/mol. The summed E-state index contributed by atoms with van der Waals surface area (Å²) < 4.78 is 22.6. The number of nitriles is 1. The Morgan fingerprint density at radius 2 is 2.17 bits per heavy atom. The average molecular weight is 416 g/mol. The number of nitrogens with two attached hydrogens (primary N) is 1. The molecule has 0 radical (unpaired) electrons. The molecule has 0 aliphatic carbocycles. The summed E-state index contributed by atoms with van der Waals surface area (Å²) in [5.74, 6) is -1.34. The molecule has 2 aliphatic rings. The zero-order chi connectivity index (χ0) is 22.2. The van der Waals surface area contributed by atoms with Crippen molar-refractivity contribution in [3.05, 3.63) is 33.9 Å². The second-order valence-corrected chi connectivity index (χ2v) is 7.75. The number of aromatic carboxylic acids is 1. The first-order valence-corrected chi connectivity index (χ1v) is 9.80. The van der Waals surface area contributed by atoms with E-state index in [1.165, 1.54) is 13.1 Å². The average Bonchev–Trinajstić information content (AvgIpc) is 3.16. The molecule has 3 heterocycles. The van der Waals surface area contributed by atoms with Gasteiger partial charge in [0.25, 0.3) is 0 Å². The van der Waals surface area contributed by atoms with Crippen LogP contribution in [0.25, 0.3) is 10.9 Å². The topological polar surface area (TPSA) is 122 Å². The predicted octanol–water partition coefficient (Wildman–Crippen LogP) is 2.50. The van der Waals surface area contributed by atoms with Crippen molar-refractivity contribution < 1.29 is 19.0 Å². The van der Waals surface area contributed by atoms with E-state index in [0.717, 1.165) is 12.5 Å². The number of aromatic nitrogens is 1. The minimum absolute atomic E-state index is 0.00659. The molecule has 4 rings (SSSR count). The first-order valence-electron chi connectivity index (χ1n) is 9.80. The summed E-state index contributed by atoms with van der Waals surface area (Å²) in [4.78, 5) is 26.0. The molecule has 3 atom stereocenters. The van der Waals surface area contributed by atoms with Crippen molar-refractivity contribution in [2.45, 2.75) is 39.3 Å². The molecular weight excluding hydrogens is 391 g/mol. The van der Waals surface area contributed by atoms with Gasteiger partial charge in [0.1, 0.15) is 17.9 Å². The van der Waals surface area contributed by atoms with Crippen molar-refractivity contribution in [1.29, 1.82) is 5.26 Å². The predicted molar refractivity (Wildman–Crippen MR) is 111 cm³/mol. The first kappa shape index (κ1) is 21.6. The summed E-state index contributed by atoms with van der Waals surface area (Å²) in [7, 11) is 0. The van der Waals surface area contributed by atoms with E-state index in [9.17, 15) is 14.7 Å². The molecule has 1 aromatic heterocycles. The van der Waals surface area contributed by atoms with Crippen LogP contribution in [0.4, 0.5) is 10.1 Å². The standard InChI is InChI=1S/C19H22FN3O4.C2H3N/c1-9-8-27-18-15-12(17(24)13(19(25)26)7-23(9)15)5-14(20)16(18)22-4-3-11(6-22)10(2)21;1-2-3/h5,7,9-11H,3-4,6,8,21H2,1-2H3,(H,25,26);1H3. The normalized spacial score (nSPS) is 20.7. The molecule has 0 amide bonds. The largest absolute Gasteiger partial charge is 0.487 e. The minimum atomic E-state index is -1.32. The Morgan fingerprint density at radius 1 is 1.50 bits per heavy atom. The van der Waals surface area contributed by atoms with E-state index in [0.29, 0.717) is 30.0 Å². The number of carbonyl (C=O) groups is 1. The lowest BCUT2D eigenvalue weighted by Crippen LogP contribution is -2.31. The molecule has 3 N–H and O–H groups in total. The van der Waals surface area contributed by atoms with Crippen molar-refractivity contribution in [3.63, 3.8) is 0 Å². The molecule has 30 heavy (non-hydrogen) atoms. The summed E-state index contributed by atoms with van der Waals surface area (Å²) in [5.41, 5.74) is 5.71. The maximum absolute atomic E-state index is 15.1. The van der Waals surface area contributed by atoms with Crippen LogP contribution in [0.1, 0.15) is 43.6 Å². The van der Waals surface area contributed by atoms with Gasteiger partial charge in [0.05, 0.1) is 23.0 Å². The maximum atomic E-state index is 15.1. The van der Waals surface area contributed by atoms with E-state index < -0.39 is 17.2 Å². The van der Waals surface area contributed by atoms with Crippen LogP contribution in [0, 0.1) is 23.1 Å². The second-order valence-electron chi connectivity index (χ2n) is 7.75. The maximum Gasteiger partial charge on any atom is 0.341 e. The van der Waals surface area contributed by atoms with Gasteiger partial charge in [0.2, 0.25) is 5.43 Å². The van der Waals surface area contributed by atoms with Gasteiger partial charge < -0.3 is 25.0 Å². The third-order valence-corrected chi connectivity index (χ3v) is 5.66. The highest BCUT2D eigenvalue weighted by Crippen LogP contribution is 2.43. The van der Waals surface area contributed by atoms with E-state index >= 15 is 4.39 Å².